The molecule has 1 aliphatic carbocycles. The molecule has 1 saturated carbocycles. The summed E-state index contributed by atoms with van der Waals surface area (Å²) in [6.45, 7) is 0. The average molecular weight is 285 g/mol. The van der Waals surface area contributed by atoms with E-state index in [-0.39, 0.29) is 10.9 Å². The van der Waals surface area contributed by atoms with E-state index in [0.29, 0.717) is 5.69 Å². The Morgan fingerprint density at radius 3 is 2.53 bits per heavy atom. The van der Waals surface area contributed by atoms with Crippen molar-refractivity contribution >= 4 is 21.4 Å². The molecule has 8 heteroatoms. The number of nitro groups is 1. The largest absolute Gasteiger partial charge is 0.388 e. The molecule has 0 heterocycles. The van der Waals surface area contributed by atoms with Gasteiger partial charge in [-0.25, -0.2) is 13.1 Å². The van der Waals surface area contributed by atoms with Gasteiger partial charge in [0.25, 0.3) is 5.69 Å². The molecule has 0 spiro atoms. The van der Waals surface area contributed by atoms with E-state index in [1.165, 1.54) is 18.2 Å². The van der Waals surface area contributed by atoms with Crippen LogP contribution in [0.15, 0.2) is 23.1 Å². The van der Waals surface area contributed by atoms with E-state index in [9.17, 15) is 18.5 Å². The summed E-state index contributed by atoms with van der Waals surface area (Å²) in [6.07, 6.45) is 2.53. The van der Waals surface area contributed by atoms with Crippen LogP contribution in [0.2, 0.25) is 0 Å². The first-order chi connectivity index (χ1) is 8.94. The van der Waals surface area contributed by atoms with Crippen molar-refractivity contribution in [3.8, 4) is 0 Å². The first-order valence-electron chi connectivity index (χ1n) is 5.92. The highest BCUT2D eigenvalue weighted by atomic mass is 32.2. The van der Waals surface area contributed by atoms with E-state index in [2.05, 4.69) is 10.0 Å². The third-order valence-electron chi connectivity index (χ3n) is 3.16. The fourth-order valence-electron chi connectivity index (χ4n) is 1.84. The van der Waals surface area contributed by atoms with Crippen LogP contribution < -0.4 is 10.0 Å². The first kappa shape index (κ1) is 13.8. The van der Waals surface area contributed by atoms with Gasteiger partial charge in [0.05, 0.1) is 4.92 Å². The summed E-state index contributed by atoms with van der Waals surface area (Å²) in [4.78, 5) is 9.95. The third kappa shape index (κ3) is 2.85. The summed E-state index contributed by atoms with van der Waals surface area (Å²) < 4.78 is 26.9. The predicted octanol–water partition coefficient (Wildman–Crippen LogP) is 1.47. The molecule has 0 amide bonds. The average Bonchev–Trinajstić information content (AvgIpc) is 2.33. The standard InChI is InChI=1S/C11H15N3O4S/c1-12-9-5-6-10(14(15)16)11(7-9)19(17,18)13-8-3-2-4-8/h5-8,12-13H,2-4H2,1H3. The minimum absolute atomic E-state index is 0.108. The van der Waals surface area contributed by atoms with Crippen LogP contribution in [-0.4, -0.2) is 26.4 Å². The summed E-state index contributed by atoms with van der Waals surface area (Å²) in [5.41, 5.74) is 0.102. The van der Waals surface area contributed by atoms with Crippen LogP contribution in [0, 0.1) is 10.1 Å². The molecule has 19 heavy (non-hydrogen) atoms. The van der Waals surface area contributed by atoms with Crippen molar-refractivity contribution in [1.82, 2.24) is 4.72 Å². The lowest BCUT2D eigenvalue weighted by Crippen LogP contribution is -2.39. The first-order valence-corrected chi connectivity index (χ1v) is 7.41. The molecule has 104 valence electrons. The van der Waals surface area contributed by atoms with E-state index >= 15 is 0 Å². The molecule has 0 radical (unpaired) electrons. The Balaban J connectivity index is 2.42. The zero-order chi connectivity index (χ0) is 14.0. The van der Waals surface area contributed by atoms with Crippen molar-refractivity contribution < 1.29 is 13.3 Å². The molecule has 7 nitrogen and oxygen atoms in total. The highest BCUT2D eigenvalue weighted by molar-refractivity contribution is 7.89. The Hall–Kier alpha value is -1.67. The number of nitrogens with one attached hydrogen (secondary N) is 2. The quantitative estimate of drug-likeness (QED) is 0.630. The lowest BCUT2D eigenvalue weighted by atomic mass is 9.94. The number of benzene rings is 1. The molecule has 0 unspecified atom stereocenters. The molecule has 0 saturated heterocycles. The van der Waals surface area contributed by atoms with Crippen LogP contribution in [0.4, 0.5) is 11.4 Å². The molecule has 0 atom stereocenters. The summed E-state index contributed by atoms with van der Waals surface area (Å²) in [7, 11) is -2.24. The molecule has 1 aromatic rings. The van der Waals surface area contributed by atoms with Crippen LogP contribution in [0.5, 0.6) is 0 Å². The van der Waals surface area contributed by atoms with E-state index in [1.54, 1.807) is 7.05 Å². The Morgan fingerprint density at radius 2 is 2.05 bits per heavy atom. The smallest absolute Gasteiger partial charge is 0.289 e. The number of nitrogens with zero attached hydrogens (tertiary/aromatic N) is 1. The van der Waals surface area contributed by atoms with Gasteiger partial charge >= 0.3 is 0 Å². The maximum Gasteiger partial charge on any atom is 0.289 e. The molecule has 1 aromatic carbocycles. The van der Waals surface area contributed by atoms with Crippen LogP contribution in [0.3, 0.4) is 0 Å². The molecule has 1 aliphatic rings. The second-order valence-electron chi connectivity index (χ2n) is 4.44. The van der Waals surface area contributed by atoms with E-state index in [1.807, 2.05) is 0 Å². The minimum atomic E-state index is -3.86. The van der Waals surface area contributed by atoms with Gasteiger partial charge in [0.1, 0.15) is 0 Å². The molecular formula is C11H15N3O4S. The summed E-state index contributed by atoms with van der Waals surface area (Å²) in [5, 5.41) is 13.7. The number of rotatable bonds is 5. The second kappa shape index (κ2) is 5.14. The SMILES string of the molecule is CNc1ccc([N+](=O)[O-])c(S(=O)(=O)NC2CCC2)c1. The van der Waals surface area contributed by atoms with Gasteiger partial charge in [-0.15, -0.1) is 0 Å². The Kier molecular flexibility index (Phi) is 3.72. The lowest BCUT2D eigenvalue weighted by Gasteiger charge is -2.26. The van der Waals surface area contributed by atoms with Crippen molar-refractivity contribution in [3.05, 3.63) is 28.3 Å². The van der Waals surface area contributed by atoms with Gasteiger partial charge in [0.15, 0.2) is 4.90 Å². The number of hydrogen-bond donors (Lipinski definition) is 2. The van der Waals surface area contributed by atoms with Gasteiger partial charge in [-0.2, -0.15) is 0 Å². The molecule has 2 rings (SSSR count). The highest BCUT2D eigenvalue weighted by Crippen LogP contribution is 2.28. The molecular weight excluding hydrogens is 270 g/mol. The number of nitro benzene ring substituents is 1. The van der Waals surface area contributed by atoms with Crippen LogP contribution >= 0.6 is 0 Å². The fourth-order valence-corrected chi connectivity index (χ4v) is 3.35. The minimum Gasteiger partial charge on any atom is -0.388 e. The monoisotopic (exact) mass is 285 g/mol. The van der Waals surface area contributed by atoms with Crippen molar-refractivity contribution in [1.29, 1.82) is 0 Å². The van der Waals surface area contributed by atoms with Crippen LogP contribution in [0.1, 0.15) is 19.3 Å². The number of hydrogen-bond acceptors (Lipinski definition) is 5. The van der Waals surface area contributed by atoms with Crippen LogP contribution in [0.25, 0.3) is 0 Å². The van der Waals surface area contributed by atoms with Crippen molar-refractivity contribution in [2.75, 3.05) is 12.4 Å². The molecule has 0 bridgehead atoms. The Morgan fingerprint density at radius 1 is 1.37 bits per heavy atom. The Labute approximate surface area is 111 Å². The summed E-state index contributed by atoms with van der Waals surface area (Å²) in [6, 6.07) is 3.84. The summed E-state index contributed by atoms with van der Waals surface area (Å²) >= 11 is 0. The number of anilines is 1. The second-order valence-corrected chi connectivity index (χ2v) is 6.12. The molecule has 0 aromatic heterocycles. The molecule has 0 aliphatic heterocycles. The fraction of sp³-hybridized carbons (Fsp3) is 0.455. The van der Waals surface area contributed by atoms with E-state index in [0.717, 1.165) is 19.3 Å². The third-order valence-corrected chi connectivity index (χ3v) is 4.71. The Bertz CT molecular complexity index is 596. The predicted molar refractivity (Wildman–Crippen MR) is 70.6 cm³/mol. The topological polar surface area (TPSA) is 101 Å². The van der Waals surface area contributed by atoms with Crippen molar-refractivity contribution in [2.45, 2.75) is 30.2 Å². The van der Waals surface area contributed by atoms with Crippen molar-refractivity contribution in [2.24, 2.45) is 0 Å². The lowest BCUT2D eigenvalue weighted by molar-refractivity contribution is -0.387. The zero-order valence-corrected chi connectivity index (χ0v) is 11.2. The van der Waals surface area contributed by atoms with Crippen molar-refractivity contribution in [3.63, 3.8) is 0 Å². The van der Waals surface area contributed by atoms with Gasteiger partial charge in [-0.1, -0.05) is 6.42 Å². The van der Waals surface area contributed by atoms with Gasteiger partial charge in [0.2, 0.25) is 10.0 Å². The van der Waals surface area contributed by atoms with E-state index < -0.39 is 20.6 Å². The maximum atomic E-state index is 12.2. The number of sulfonamides is 1. The molecule has 1 fully saturated rings. The zero-order valence-electron chi connectivity index (χ0n) is 10.4. The van der Waals surface area contributed by atoms with Gasteiger partial charge in [-0.05, 0) is 25.0 Å². The normalized spacial score (nSPS) is 15.8. The van der Waals surface area contributed by atoms with Gasteiger partial charge < -0.3 is 5.32 Å². The van der Waals surface area contributed by atoms with Gasteiger partial charge in [-0.3, -0.25) is 10.1 Å². The van der Waals surface area contributed by atoms with Crippen LogP contribution in [-0.2, 0) is 10.0 Å². The summed E-state index contributed by atoms with van der Waals surface area (Å²) in [5.74, 6) is 0. The highest BCUT2D eigenvalue weighted by Gasteiger charge is 2.30. The van der Waals surface area contributed by atoms with E-state index in [4.69, 9.17) is 0 Å². The van der Waals surface area contributed by atoms with Gasteiger partial charge in [0, 0.05) is 24.8 Å². The maximum absolute atomic E-state index is 12.2. The molecule has 2 N–H and O–H groups in total.